The Morgan fingerprint density at radius 1 is 0.700 bits per heavy atom. The molecular weight excluding hydrogens is 260 g/mol. The average Bonchev–Trinajstić information content (AvgIpc) is 2.24. The van der Waals surface area contributed by atoms with Crippen LogP contribution < -0.4 is 0 Å². The predicted octanol–water partition coefficient (Wildman–Crippen LogP) is 0.871. The first-order valence-corrected chi connectivity index (χ1v) is 7.39. The minimum Gasteiger partial charge on any atom is -0.393 e. The van der Waals surface area contributed by atoms with Gasteiger partial charge in [0.2, 0.25) is 0 Å². The number of aliphatic hydroxyl groups is 4. The Balaban J connectivity index is 4.21. The molecule has 0 aromatic rings. The van der Waals surface area contributed by atoms with Crippen LogP contribution in [0.15, 0.2) is 0 Å². The van der Waals surface area contributed by atoms with Crippen LogP contribution in [-0.4, -0.2) is 50.6 Å². The van der Waals surface area contributed by atoms with Crippen LogP contribution in [0.4, 0.5) is 0 Å². The van der Waals surface area contributed by atoms with Crippen LogP contribution in [0.2, 0.25) is 0 Å². The molecule has 0 radical (unpaired) electrons. The molecule has 5 nitrogen and oxygen atoms in total. The van der Waals surface area contributed by atoms with Crippen molar-refractivity contribution in [2.45, 2.75) is 77.8 Å². The lowest BCUT2D eigenvalue weighted by atomic mass is 9.86. The number of rotatable bonds is 10. The Kier molecular flexibility index (Phi) is 9.22. The largest absolute Gasteiger partial charge is 0.393 e. The van der Waals surface area contributed by atoms with E-state index in [1.807, 2.05) is 0 Å². The molecule has 0 aliphatic rings. The third-order valence-electron chi connectivity index (χ3n) is 3.45. The zero-order chi connectivity index (χ0) is 15.9. The molecule has 0 aliphatic carbocycles. The molecule has 4 N–H and O–H groups in total. The van der Waals surface area contributed by atoms with Crippen LogP contribution >= 0.6 is 0 Å². The first-order valence-electron chi connectivity index (χ1n) is 7.39. The summed E-state index contributed by atoms with van der Waals surface area (Å²) in [6.07, 6.45) is -1.39. The Hall–Kier alpha value is -0.490. The van der Waals surface area contributed by atoms with Gasteiger partial charge in [-0.2, -0.15) is 0 Å². The van der Waals surface area contributed by atoms with E-state index in [1.165, 1.54) is 0 Å². The molecule has 120 valence electrons. The molecule has 0 bridgehead atoms. The van der Waals surface area contributed by atoms with Crippen molar-refractivity contribution in [1.82, 2.24) is 0 Å². The normalized spacial score (nSPS) is 20.8. The second-order valence-corrected chi connectivity index (χ2v) is 6.15. The fourth-order valence-electron chi connectivity index (χ4n) is 2.51. The van der Waals surface area contributed by atoms with Crippen molar-refractivity contribution >= 4 is 5.78 Å². The molecule has 0 spiro atoms. The Bertz CT molecular complexity index is 251. The van der Waals surface area contributed by atoms with Crippen molar-refractivity contribution in [2.24, 2.45) is 11.8 Å². The predicted molar refractivity (Wildman–Crippen MR) is 77.2 cm³/mol. The van der Waals surface area contributed by atoms with E-state index in [0.29, 0.717) is 12.8 Å². The summed E-state index contributed by atoms with van der Waals surface area (Å²) in [5, 5.41) is 37.8. The molecule has 0 aliphatic heterocycles. The molecule has 0 fully saturated rings. The molecule has 5 heteroatoms. The van der Waals surface area contributed by atoms with E-state index in [-0.39, 0.29) is 30.5 Å². The van der Waals surface area contributed by atoms with Gasteiger partial charge >= 0.3 is 0 Å². The van der Waals surface area contributed by atoms with E-state index in [1.54, 1.807) is 27.7 Å². The van der Waals surface area contributed by atoms with Gasteiger partial charge in [0.25, 0.3) is 0 Å². The summed E-state index contributed by atoms with van der Waals surface area (Å²) in [5.41, 5.74) is 0. The molecule has 0 amide bonds. The molecule has 0 rings (SSSR count). The highest BCUT2D eigenvalue weighted by molar-refractivity contribution is 5.82. The third-order valence-corrected chi connectivity index (χ3v) is 3.45. The van der Waals surface area contributed by atoms with E-state index in [2.05, 4.69) is 0 Å². The highest BCUT2D eigenvalue weighted by Crippen LogP contribution is 2.20. The van der Waals surface area contributed by atoms with Crippen LogP contribution in [0.1, 0.15) is 53.4 Å². The highest BCUT2D eigenvalue weighted by Gasteiger charge is 2.25. The van der Waals surface area contributed by atoms with Crippen molar-refractivity contribution in [1.29, 1.82) is 0 Å². The molecule has 6 atom stereocenters. The van der Waals surface area contributed by atoms with E-state index < -0.39 is 24.4 Å². The van der Waals surface area contributed by atoms with Crippen LogP contribution in [0.5, 0.6) is 0 Å². The summed E-state index contributed by atoms with van der Waals surface area (Å²) in [4.78, 5) is 12.1. The summed E-state index contributed by atoms with van der Waals surface area (Å²) >= 11 is 0. The maximum absolute atomic E-state index is 12.1. The molecule has 0 heterocycles. The standard InChI is InChI=1S/C15H30O5/c1-9(5-13(18)7-11(3)16)15(20)10(2)6-14(19)8-12(4)17/h9-14,16-19H,5-8H2,1-4H3. The van der Waals surface area contributed by atoms with Crippen molar-refractivity contribution in [3.8, 4) is 0 Å². The smallest absolute Gasteiger partial charge is 0.138 e. The molecule has 0 aromatic carbocycles. The number of ketones is 1. The van der Waals surface area contributed by atoms with Crippen molar-refractivity contribution in [3.05, 3.63) is 0 Å². The van der Waals surface area contributed by atoms with E-state index in [9.17, 15) is 25.2 Å². The minimum absolute atomic E-state index is 0.000661. The van der Waals surface area contributed by atoms with Gasteiger partial charge in [0.1, 0.15) is 5.78 Å². The van der Waals surface area contributed by atoms with E-state index in [0.717, 1.165) is 0 Å². The number of hydrogen-bond acceptors (Lipinski definition) is 5. The summed E-state index contributed by atoms with van der Waals surface area (Å²) in [7, 11) is 0. The van der Waals surface area contributed by atoms with Gasteiger partial charge in [0, 0.05) is 11.8 Å². The first kappa shape index (κ1) is 19.5. The number of carbonyl (C=O) groups excluding carboxylic acids is 1. The highest BCUT2D eigenvalue weighted by atomic mass is 16.3. The van der Waals surface area contributed by atoms with Crippen molar-refractivity contribution < 1.29 is 25.2 Å². The van der Waals surface area contributed by atoms with Gasteiger partial charge in [-0.1, -0.05) is 13.8 Å². The maximum atomic E-state index is 12.1. The zero-order valence-corrected chi connectivity index (χ0v) is 13.0. The number of Topliss-reactive ketones (excluding diaryl/α,β-unsaturated/α-hetero) is 1. The number of hydrogen-bond donors (Lipinski definition) is 4. The van der Waals surface area contributed by atoms with Crippen LogP contribution in [0, 0.1) is 11.8 Å². The van der Waals surface area contributed by atoms with E-state index >= 15 is 0 Å². The minimum atomic E-state index is -0.691. The average molecular weight is 290 g/mol. The fourth-order valence-corrected chi connectivity index (χ4v) is 2.51. The summed E-state index contributed by atoms with van der Waals surface area (Å²) in [6.45, 7) is 6.71. The summed E-state index contributed by atoms with van der Waals surface area (Å²) in [5.74, 6) is -0.616. The summed E-state index contributed by atoms with van der Waals surface area (Å²) in [6, 6.07) is 0. The van der Waals surface area contributed by atoms with Crippen molar-refractivity contribution in [2.75, 3.05) is 0 Å². The third kappa shape index (κ3) is 8.64. The SMILES string of the molecule is CC(O)CC(O)CC(C)C(=O)C(C)CC(O)CC(C)O. The van der Waals surface area contributed by atoms with Gasteiger partial charge in [0.15, 0.2) is 0 Å². The molecule has 0 aromatic heterocycles. The second-order valence-electron chi connectivity index (χ2n) is 6.15. The van der Waals surface area contributed by atoms with E-state index in [4.69, 9.17) is 0 Å². The maximum Gasteiger partial charge on any atom is 0.138 e. The van der Waals surface area contributed by atoms with Crippen LogP contribution in [0.25, 0.3) is 0 Å². The monoisotopic (exact) mass is 290 g/mol. The Morgan fingerprint density at radius 2 is 1.00 bits per heavy atom. The molecule has 6 unspecified atom stereocenters. The zero-order valence-electron chi connectivity index (χ0n) is 13.0. The van der Waals surface area contributed by atoms with Crippen LogP contribution in [-0.2, 0) is 4.79 Å². The van der Waals surface area contributed by atoms with Crippen LogP contribution in [0.3, 0.4) is 0 Å². The van der Waals surface area contributed by atoms with Gasteiger partial charge in [-0.05, 0) is 39.5 Å². The number of carbonyl (C=O) groups is 1. The lowest BCUT2D eigenvalue weighted by molar-refractivity contribution is -0.128. The second kappa shape index (κ2) is 9.45. The van der Waals surface area contributed by atoms with Crippen molar-refractivity contribution in [3.63, 3.8) is 0 Å². The number of aliphatic hydroxyl groups excluding tert-OH is 4. The Morgan fingerprint density at radius 3 is 1.25 bits per heavy atom. The fraction of sp³-hybridized carbons (Fsp3) is 0.933. The Labute approximate surface area is 121 Å². The molecule has 0 saturated heterocycles. The molecular formula is C15H30O5. The van der Waals surface area contributed by atoms with Gasteiger partial charge in [-0.25, -0.2) is 0 Å². The van der Waals surface area contributed by atoms with Gasteiger partial charge < -0.3 is 20.4 Å². The molecule has 20 heavy (non-hydrogen) atoms. The lowest BCUT2D eigenvalue weighted by Crippen LogP contribution is -2.28. The molecule has 0 saturated carbocycles. The topological polar surface area (TPSA) is 98.0 Å². The summed E-state index contributed by atoms with van der Waals surface area (Å²) < 4.78 is 0. The van der Waals surface area contributed by atoms with Gasteiger partial charge in [0.05, 0.1) is 24.4 Å². The first-order chi connectivity index (χ1) is 9.13. The van der Waals surface area contributed by atoms with Gasteiger partial charge in [-0.3, -0.25) is 4.79 Å². The quantitative estimate of drug-likeness (QED) is 0.478. The lowest BCUT2D eigenvalue weighted by Gasteiger charge is -2.22. The van der Waals surface area contributed by atoms with Gasteiger partial charge in [-0.15, -0.1) is 0 Å².